The molecule has 0 aliphatic carbocycles. The zero-order valence-corrected chi connectivity index (χ0v) is 12.0. The monoisotopic (exact) mass is 270 g/mol. The topological polar surface area (TPSA) is 44.7 Å². The van der Waals surface area contributed by atoms with E-state index in [1.54, 1.807) is 20.2 Å². The van der Waals surface area contributed by atoms with Crippen LogP contribution in [0.25, 0.3) is 0 Å². The van der Waals surface area contributed by atoms with Crippen molar-refractivity contribution in [2.45, 2.75) is 19.1 Å². The quantitative estimate of drug-likeness (QED) is 0.789. The Bertz CT molecular complexity index is 401. The molecule has 0 amide bonds. The maximum absolute atomic E-state index is 14.0. The molecule has 1 aromatic carbocycles. The molecular weight excluding hydrogens is 247 g/mol. The van der Waals surface area contributed by atoms with Crippen LogP contribution in [0.2, 0.25) is 0 Å². The molecule has 0 heterocycles. The van der Waals surface area contributed by atoms with Crippen molar-refractivity contribution in [3.8, 4) is 0 Å². The number of likely N-dealkylation sites (N-methyl/N-ethyl adjacent to an activating group) is 1. The molecule has 0 saturated heterocycles. The van der Waals surface area contributed by atoms with E-state index in [1.807, 2.05) is 24.9 Å². The van der Waals surface area contributed by atoms with Crippen LogP contribution in [0, 0.1) is 5.82 Å². The van der Waals surface area contributed by atoms with Crippen molar-refractivity contribution in [3.05, 3.63) is 29.6 Å². The number of benzene rings is 1. The van der Waals surface area contributed by atoms with Crippen molar-refractivity contribution in [2.75, 3.05) is 39.3 Å². The Kier molecular flexibility index (Phi) is 6.21. The van der Waals surface area contributed by atoms with Gasteiger partial charge in [-0.05, 0) is 26.1 Å². The van der Waals surface area contributed by atoms with Crippen LogP contribution in [0.1, 0.15) is 18.5 Å². The van der Waals surface area contributed by atoms with E-state index in [0.29, 0.717) is 12.1 Å². The van der Waals surface area contributed by atoms with Crippen LogP contribution in [0.15, 0.2) is 18.2 Å². The fourth-order valence-corrected chi connectivity index (χ4v) is 2.09. The lowest BCUT2D eigenvalue weighted by Gasteiger charge is -2.27. The van der Waals surface area contributed by atoms with E-state index >= 15 is 0 Å². The van der Waals surface area contributed by atoms with Gasteiger partial charge in [-0.1, -0.05) is 6.07 Å². The third kappa shape index (κ3) is 4.16. The Morgan fingerprint density at radius 3 is 2.74 bits per heavy atom. The van der Waals surface area contributed by atoms with Crippen LogP contribution in [-0.2, 0) is 4.74 Å². The van der Waals surface area contributed by atoms with Gasteiger partial charge in [0.2, 0.25) is 0 Å². The van der Waals surface area contributed by atoms with Gasteiger partial charge in [-0.3, -0.25) is 0 Å². The molecule has 2 atom stereocenters. The Balaban J connectivity index is 2.95. The Labute approximate surface area is 114 Å². The normalized spacial score (nSPS) is 14.2. The fourth-order valence-electron chi connectivity index (χ4n) is 2.09. The van der Waals surface area contributed by atoms with Gasteiger partial charge in [0.05, 0.1) is 12.7 Å². The first kappa shape index (κ1) is 15.9. The van der Waals surface area contributed by atoms with Gasteiger partial charge in [-0.25, -0.2) is 4.39 Å². The lowest BCUT2D eigenvalue weighted by Crippen LogP contribution is -2.33. The lowest BCUT2D eigenvalue weighted by molar-refractivity contribution is 0.0695. The van der Waals surface area contributed by atoms with Gasteiger partial charge in [0.25, 0.3) is 0 Å². The van der Waals surface area contributed by atoms with E-state index in [1.165, 1.54) is 6.07 Å². The second kappa shape index (κ2) is 7.43. The molecule has 0 spiro atoms. The second-order valence-corrected chi connectivity index (χ2v) is 4.67. The number of nitrogens with one attached hydrogen (secondary N) is 1. The first-order chi connectivity index (χ1) is 9.01. The highest BCUT2D eigenvalue weighted by molar-refractivity contribution is 5.55. The molecule has 108 valence electrons. The Morgan fingerprint density at radius 2 is 2.16 bits per heavy atom. The van der Waals surface area contributed by atoms with Gasteiger partial charge in [-0.15, -0.1) is 0 Å². The minimum atomic E-state index is -0.601. The van der Waals surface area contributed by atoms with Crippen LogP contribution in [0.3, 0.4) is 0 Å². The summed E-state index contributed by atoms with van der Waals surface area (Å²) in [4.78, 5) is 1.84. The first-order valence-corrected chi connectivity index (χ1v) is 6.35. The summed E-state index contributed by atoms with van der Waals surface area (Å²) in [6.45, 7) is 2.55. The lowest BCUT2D eigenvalue weighted by atomic mass is 10.0. The number of anilines is 1. The van der Waals surface area contributed by atoms with Crippen LogP contribution < -0.4 is 10.2 Å². The van der Waals surface area contributed by atoms with Gasteiger partial charge < -0.3 is 20.1 Å². The Morgan fingerprint density at radius 1 is 1.47 bits per heavy atom. The zero-order valence-electron chi connectivity index (χ0n) is 12.0. The molecule has 0 fully saturated rings. The molecule has 2 N–H and O–H groups in total. The molecule has 0 aliphatic heterocycles. The van der Waals surface area contributed by atoms with E-state index in [2.05, 4.69) is 5.32 Å². The molecule has 1 rings (SSSR count). The van der Waals surface area contributed by atoms with Gasteiger partial charge in [0.15, 0.2) is 0 Å². The maximum Gasteiger partial charge on any atom is 0.130 e. The summed E-state index contributed by atoms with van der Waals surface area (Å²) in [7, 11) is 5.17. The number of rotatable bonds is 7. The van der Waals surface area contributed by atoms with Crippen LogP contribution in [0.4, 0.5) is 10.1 Å². The van der Waals surface area contributed by atoms with Crippen molar-refractivity contribution >= 4 is 5.69 Å². The highest BCUT2D eigenvalue weighted by Crippen LogP contribution is 2.28. The van der Waals surface area contributed by atoms with E-state index in [-0.39, 0.29) is 18.5 Å². The number of aliphatic hydroxyl groups is 1. The zero-order chi connectivity index (χ0) is 14.4. The molecule has 0 aromatic heterocycles. The third-order valence-electron chi connectivity index (χ3n) is 3.15. The average molecular weight is 270 g/mol. The van der Waals surface area contributed by atoms with Gasteiger partial charge in [-0.2, -0.15) is 0 Å². The number of halogens is 1. The fraction of sp³-hybridized carbons (Fsp3) is 0.571. The predicted molar refractivity (Wildman–Crippen MR) is 75.0 cm³/mol. The molecule has 0 bridgehead atoms. The molecule has 4 nitrogen and oxygen atoms in total. The first-order valence-electron chi connectivity index (χ1n) is 6.35. The molecule has 1 aromatic rings. The van der Waals surface area contributed by atoms with Crippen LogP contribution >= 0.6 is 0 Å². The van der Waals surface area contributed by atoms with E-state index in [9.17, 15) is 9.50 Å². The molecule has 0 radical (unpaired) electrons. The average Bonchev–Trinajstić information content (AvgIpc) is 2.37. The summed E-state index contributed by atoms with van der Waals surface area (Å²) in [5.41, 5.74) is 1.38. The SMILES string of the molecule is CNC(C)c1c(F)cccc1N(C)CC(O)COC. The number of aliphatic hydroxyl groups excluding tert-OH is 1. The molecule has 0 saturated carbocycles. The van der Waals surface area contributed by atoms with E-state index in [0.717, 1.165) is 5.69 Å². The standard InChI is InChI=1S/C14H23FN2O2/c1-10(16-2)14-12(15)6-5-7-13(14)17(3)8-11(18)9-19-4/h5-7,10-11,16,18H,8-9H2,1-4H3. The Hall–Kier alpha value is -1.17. The molecule has 19 heavy (non-hydrogen) atoms. The number of ether oxygens (including phenoxy) is 1. The smallest absolute Gasteiger partial charge is 0.130 e. The molecule has 0 aliphatic rings. The summed E-state index contributed by atoms with van der Waals surface area (Å²) in [5.74, 6) is -0.243. The van der Waals surface area contributed by atoms with Gasteiger partial charge >= 0.3 is 0 Å². The number of methoxy groups -OCH3 is 1. The van der Waals surface area contributed by atoms with Crippen LogP contribution in [0.5, 0.6) is 0 Å². The number of hydrogen-bond acceptors (Lipinski definition) is 4. The summed E-state index contributed by atoms with van der Waals surface area (Å²) in [6, 6.07) is 4.88. The number of nitrogens with zero attached hydrogens (tertiary/aromatic N) is 1. The minimum absolute atomic E-state index is 0.0989. The summed E-state index contributed by atoms with van der Waals surface area (Å²) >= 11 is 0. The molecule has 5 heteroatoms. The number of hydrogen-bond donors (Lipinski definition) is 2. The van der Waals surface area contributed by atoms with Gasteiger partial charge in [0.1, 0.15) is 5.82 Å². The molecule has 2 unspecified atom stereocenters. The molecular formula is C14H23FN2O2. The second-order valence-electron chi connectivity index (χ2n) is 4.67. The highest BCUT2D eigenvalue weighted by Gasteiger charge is 2.18. The highest BCUT2D eigenvalue weighted by atomic mass is 19.1. The van der Waals surface area contributed by atoms with E-state index in [4.69, 9.17) is 4.74 Å². The van der Waals surface area contributed by atoms with Crippen molar-refractivity contribution < 1.29 is 14.2 Å². The van der Waals surface area contributed by atoms with Crippen molar-refractivity contribution in [1.29, 1.82) is 0 Å². The third-order valence-corrected chi connectivity index (χ3v) is 3.15. The van der Waals surface area contributed by atoms with Crippen LogP contribution in [-0.4, -0.2) is 45.6 Å². The van der Waals surface area contributed by atoms with Crippen molar-refractivity contribution in [3.63, 3.8) is 0 Å². The minimum Gasteiger partial charge on any atom is -0.389 e. The maximum atomic E-state index is 14.0. The predicted octanol–water partition coefficient (Wildman–Crippen LogP) is 1.55. The van der Waals surface area contributed by atoms with E-state index < -0.39 is 6.10 Å². The summed E-state index contributed by atoms with van der Waals surface area (Å²) in [6.07, 6.45) is -0.601. The van der Waals surface area contributed by atoms with Crippen molar-refractivity contribution in [2.24, 2.45) is 0 Å². The summed E-state index contributed by atoms with van der Waals surface area (Å²) in [5, 5.41) is 12.8. The van der Waals surface area contributed by atoms with Gasteiger partial charge in [0, 0.05) is 38.0 Å². The largest absolute Gasteiger partial charge is 0.389 e. The summed E-state index contributed by atoms with van der Waals surface area (Å²) < 4.78 is 18.9. The van der Waals surface area contributed by atoms with Crippen molar-refractivity contribution in [1.82, 2.24) is 5.32 Å².